The van der Waals surface area contributed by atoms with Gasteiger partial charge in [0.1, 0.15) is 0 Å². The van der Waals surface area contributed by atoms with Crippen molar-refractivity contribution in [2.24, 2.45) is 11.3 Å². The third-order valence-corrected chi connectivity index (χ3v) is 3.44. The lowest BCUT2D eigenvalue weighted by Gasteiger charge is -2.24. The third kappa shape index (κ3) is 1.62. The Kier molecular flexibility index (Phi) is 3.40. The quantitative estimate of drug-likeness (QED) is 0.625. The standard InChI is InChI=1S/C9H16N2O2.ClH/c1-7(13)11-3-8-2-10-4-9(8,5-11)6-12;/h8,10,12H,2-6H2,1H3;1H. The average Bonchev–Trinajstić information content (AvgIpc) is 2.58. The van der Waals surface area contributed by atoms with Crippen LogP contribution < -0.4 is 5.32 Å². The first-order chi connectivity index (χ1) is 6.18. The van der Waals surface area contributed by atoms with E-state index < -0.39 is 0 Å². The van der Waals surface area contributed by atoms with E-state index in [0.717, 1.165) is 26.2 Å². The second kappa shape index (κ2) is 4.04. The molecule has 82 valence electrons. The topological polar surface area (TPSA) is 52.6 Å². The summed E-state index contributed by atoms with van der Waals surface area (Å²) in [6, 6.07) is 0. The molecule has 0 aromatic rings. The molecule has 0 radical (unpaired) electrons. The predicted octanol–water partition coefficient (Wildman–Crippen LogP) is -0.532. The molecule has 1 amide bonds. The van der Waals surface area contributed by atoms with Gasteiger partial charge in [0, 0.05) is 38.5 Å². The highest BCUT2D eigenvalue weighted by Crippen LogP contribution is 2.38. The molecule has 2 unspecified atom stereocenters. The molecular weight excluding hydrogens is 204 g/mol. The van der Waals surface area contributed by atoms with E-state index in [4.69, 9.17) is 0 Å². The maximum absolute atomic E-state index is 11.2. The zero-order valence-corrected chi connectivity index (χ0v) is 9.14. The van der Waals surface area contributed by atoms with Gasteiger partial charge in [-0.1, -0.05) is 0 Å². The van der Waals surface area contributed by atoms with E-state index in [1.807, 2.05) is 4.90 Å². The van der Waals surface area contributed by atoms with Crippen molar-refractivity contribution in [3.8, 4) is 0 Å². The second-order valence-electron chi connectivity index (χ2n) is 4.25. The van der Waals surface area contributed by atoms with Crippen molar-refractivity contribution in [3.05, 3.63) is 0 Å². The molecule has 2 fully saturated rings. The summed E-state index contributed by atoms with van der Waals surface area (Å²) in [6.07, 6.45) is 0. The number of hydrogen-bond donors (Lipinski definition) is 2. The number of halogens is 1. The van der Waals surface area contributed by atoms with Gasteiger partial charge in [-0.15, -0.1) is 12.4 Å². The maximum atomic E-state index is 11.2. The summed E-state index contributed by atoms with van der Waals surface area (Å²) in [5, 5.41) is 12.6. The molecule has 0 bridgehead atoms. The van der Waals surface area contributed by atoms with Crippen molar-refractivity contribution in [1.82, 2.24) is 10.2 Å². The van der Waals surface area contributed by atoms with Gasteiger partial charge in [-0.25, -0.2) is 0 Å². The number of nitrogens with one attached hydrogen (secondary N) is 1. The molecule has 0 spiro atoms. The van der Waals surface area contributed by atoms with E-state index in [2.05, 4.69) is 5.32 Å². The Morgan fingerprint density at radius 2 is 2.43 bits per heavy atom. The molecule has 2 aliphatic heterocycles. The molecule has 2 saturated heterocycles. The first kappa shape index (κ1) is 11.8. The van der Waals surface area contributed by atoms with Gasteiger partial charge >= 0.3 is 0 Å². The fraction of sp³-hybridized carbons (Fsp3) is 0.889. The van der Waals surface area contributed by atoms with E-state index in [-0.39, 0.29) is 30.3 Å². The van der Waals surface area contributed by atoms with Gasteiger partial charge in [-0.05, 0) is 5.92 Å². The van der Waals surface area contributed by atoms with E-state index in [1.165, 1.54) is 0 Å². The molecule has 2 rings (SSSR count). The number of rotatable bonds is 1. The summed E-state index contributed by atoms with van der Waals surface area (Å²) < 4.78 is 0. The van der Waals surface area contributed by atoms with Crippen LogP contribution in [0.15, 0.2) is 0 Å². The predicted molar refractivity (Wildman–Crippen MR) is 55.4 cm³/mol. The molecule has 0 aromatic heterocycles. The molecule has 0 aliphatic carbocycles. The van der Waals surface area contributed by atoms with Crippen molar-refractivity contribution >= 4 is 18.3 Å². The largest absolute Gasteiger partial charge is 0.396 e. The number of amides is 1. The second-order valence-corrected chi connectivity index (χ2v) is 4.25. The molecule has 14 heavy (non-hydrogen) atoms. The molecule has 2 heterocycles. The summed E-state index contributed by atoms with van der Waals surface area (Å²) in [5.74, 6) is 0.573. The van der Waals surface area contributed by atoms with Crippen LogP contribution in [0.5, 0.6) is 0 Å². The number of carbonyl (C=O) groups excluding carboxylic acids is 1. The lowest BCUT2D eigenvalue weighted by atomic mass is 9.82. The fourth-order valence-electron chi connectivity index (χ4n) is 2.48. The lowest BCUT2D eigenvalue weighted by molar-refractivity contribution is -0.128. The monoisotopic (exact) mass is 220 g/mol. The minimum atomic E-state index is -0.0499. The van der Waals surface area contributed by atoms with Gasteiger partial charge in [-0.2, -0.15) is 0 Å². The van der Waals surface area contributed by atoms with Gasteiger partial charge in [0.05, 0.1) is 6.61 Å². The van der Waals surface area contributed by atoms with E-state index in [9.17, 15) is 9.90 Å². The summed E-state index contributed by atoms with van der Waals surface area (Å²) in [6.45, 7) is 5.09. The SMILES string of the molecule is CC(=O)N1CC2CNCC2(CO)C1.Cl. The van der Waals surface area contributed by atoms with Crippen LogP contribution in [0, 0.1) is 11.3 Å². The van der Waals surface area contributed by atoms with Crippen LogP contribution in [0.4, 0.5) is 0 Å². The molecule has 0 aromatic carbocycles. The molecule has 4 nitrogen and oxygen atoms in total. The first-order valence-corrected chi connectivity index (χ1v) is 4.75. The van der Waals surface area contributed by atoms with Gasteiger partial charge in [0.2, 0.25) is 5.91 Å². The first-order valence-electron chi connectivity index (χ1n) is 4.75. The number of aliphatic hydroxyl groups excluding tert-OH is 1. The highest BCUT2D eigenvalue weighted by Gasteiger charge is 2.49. The number of aliphatic hydroxyl groups is 1. The average molecular weight is 221 g/mol. The molecule has 5 heteroatoms. The summed E-state index contributed by atoms with van der Waals surface area (Å²) in [7, 11) is 0. The molecule has 2 atom stereocenters. The van der Waals surface area contributed by atoms with E-state index in [1.54, 1.807) is 6.92 Å². The molecule has 0 saturated carbocycles. The van der Waals surface area contributed by atoms with Crippen molar-refractivity contribution in [2.75, 3.05) is 32.8 Å². The van der Waals surface area contributed by atoms with Gasteiger partial charge in [0.25, 0.3) is 0 Å². The molecular formula is C9H17ClN2O2. The van der Waals surface area contributed by atoms with Crippen LogP contribution in [0.3, 0.4) is 0 Å². The number of hydrogen-bond acceptors (Lipinski definition) is 3. The summed E-state index contributed by atoms with van der Waals surface area (Å²) in [5.41, 5.74) is -0.0499. The summed E-state index contributed by atoms with van der Waals surface area (Å²) in [4.78, 5) is 13.0. The van der Waals surface area contributed by atoms with Crippen molar-refractivity contribution in [3.63, 3.8) is 0 Å². The van der Waals surface area contributed by atoms with Gasteiger partial charge < -0.3 is 15.3 Å². The minimum Gasteiger partial charge on any atom is -0.396 e. The van der Waals surface area contributed by atoms with Crippen LogP contribution in [0.1, 0.15) is 6.92 Å². The van der Waals surface area contributed by atoms with Crippen molar-refractivity contribution in [2.45, 2.75) is 6.92 Å². The van der Waals surface area contributed by atoms with Crippen LogP contribution in [0.2, 0.25) is 0 Å². The highest BCUT2D eigenvalue weighted by molar-refractivity contribution is 5.85. The van der Waals surface area contributed by atoms with E-state index in [0.29, 0.717) is 5.92 Å². The molecule has 2 aliphatic rings. The Bertz CT molecular complexity index is 237. The Hall–Kier alpha value is -0.320. The number of fused-ring (bicyclic) bond motifs is 1. The minimum absolute atomic E-state index is 0. The Morgan fingerprint density at radius 3 is 2.93 bits per heavy atom. The zero-order chi connectivity index (χ0) is 9.47. The number of likely N-dealkylation sites (tertiary alicyclic amines) is 1. The van der Waals surface area contributed by atoms with Crippen LogP contribution >= 0.6 is 12.4 Å². The Labute approximate surface area is 90.1 Å². The van der Waals surface area contributed by atoms with Gasteiger partial charge in [0.15, 0.2) is 0 Å². The third-order valence-electron chi connectivity index (χ3n) is 3.44. The van der Waals surface area contributed by atoms with Crippen molar-refractivity contribution in [1.29, 1.82) is 0 Å². The lowest BCUT2D eigenvalue weighted by Crippen LogP contribution is -2.37. The van der Waals surface area contributed by atoms with Gasteiger partial charge in [-0.3, -0.25) is 4.79 Å². The smallest absolute Gasteiger partial charge is 0.219 e. The Balaban J connectivity index is 0.000000980. The Morgan fingerprint density at radius 1 is 1.71 bits per heavy atom. The van der Waals surface area contributed by atoms with Crippen LogP contribution in [0.25, 0.3) is 0 Å². The highest BCUT2D eigenvalue weighted by atomic mass is 35.5. The van der Waals surface area contributed by atoms with Crippen LogP contribution in [-0.4, -0.2) is 48.7 Å². The van der Waals surface area contributed by atoms with Crippen LogP contribution in [-0.2, 0) is 4.79 Å². The van der Waals surface area contributed by atoms with E-state index >= 15 is 0 Å². The number of carbonyl (C=O) groups is 1. The molecule has 2 N–H and O–H groups in total. The number of nitrogens with zero attached hydrogens (tertiary/aromatic N) is 1. The summed E-state index contributed by atoms with van der Waals surface area (Å²) >= 11 is 0. The zero-order valence-electron chi connectivity index (χ0n) is 8.32. The maximum Gasteiger partial charge on any atom is 0.219 e. The van der Waals surface area contributed by atoms with Crippen molar-refractivity contribution < 1.29 is 9.90 Å². The fourth-order valence-corrected chi connectivity index (χ4v) is 2.48. The normalized spacial score (nSPS) is 35.3.